The van der Waals surface area contributed by atoms with Crippen LogP contribution in [0.4, 0.5) is 11.4 Å². The molecule has 0 saturated carbocycles. The highest BCUT2D eigenvalue weighted by Gasteiger charge is 2.35. The summed E-state index contributed by atoms with van der Waals surface area (Å²) in [5, 5.41) is 2.21. The summed E-state index contributed by atoms with van der Waals surface area (Å²) < 4.78 is 18.3. The number of rotatable bonds is 4. The molecule has 0 amide bonds. The lowest BCUT2D eigenvalue weighted by atomic mass is 9.89. The number of nitrogens with zero attached hydrogens (tertiary/aromatic N) is 3. The molecular weight excluding hydrogens is 566 g/mol. The Labute approximate surface area is 251 Å². The molecule has 214 valence electrons. The second-order valence-electron chi connectivity index (χ2n) is 10.9. The van der Waals surface area contributed by atoms with Gasteiger partial charge in [-0.3, -0.25) is 4.98 Å². The molecule has 7 rings (SSSR count). The smallest absolute Gasteiger partial charge is 0.347 e. The van der Waals surface area contributed by atoms with Crippen molar-refractivity contribution in [2.24, 2.45) is 0 Å². The highest BCUT2D eigenvalue weighted by Crippen LogP contribution is 2.47. The first-order valence-corrected chi connectivity index (χ1v) is 14.0. The molecule has 0 saturated heterocycles. The van der Waals surface area contributed by atoms with Crippen molar-refractivity contribution < 1.29 is 13.6 Å². The fourth-order valence-corrected chi connectivity index (χ4v) is 5.90. The Morgan fingerprint density at radius 1 is 0.767 bits per heavy atom. The van der Waals surface area contributed by atoms with Crippen LogP contribution in [0.1, 0.15) is 22.8 Å². The van der Waals surface area contributed by atoms with Crippen LogP contribution < -0.4 is 25.8 Å². The van der Waals surface area contributed by atoms with Crippen molar-refractivity contribution in [2.75, 3.05) is 38.0 Å². The average molecular weight is 592 g/mol. The summed E-state index contributed by atoms with van der Waals surface area (Å²) in [7, 11) is 7.61. The number of ether oxygens (including phenoxy) is 1. The van der Waals surface area contributed by atoms with Crippen LogP contribution in [-0.4, -0.2) is 33.2 Å². The van der Waals surface area contributed by atoms with E-state index in [0.29, 0.717) is 33.3 Å². The number of benzene rings is 3. The summed E-state index contributed by atoms with van der Waals surface area (Å²) in [5.41, 5.74) is 3.69. The highest BCUT2D eigenvalue weighted by molar-refractivity contribution is 6.36. The molecule has 3 aromatic heterocycles. The summed E-state index contributed by atoms with van der Waals surface area (Å²) in [5.74, 6) is 0.308. The van der Waals surface area contributed by atoms with Crippen LogP contribution in [0.5, 0.6) is 5.75 Å². The second kappa shape index (κ2) is 10.0. The predicted octanol–water partition coefficient (Wildman–Crippen LogP) is 6.91. The zero-order valence-corrected chi connectivity index (χ0v) is 24.6. The number of hydrogen-bond donors (Lipinski definition) is 0. The van der Waals surface area contributed by atoms with Gasteiger partial charge in [0, 0.05) is 74.2 Å². The molecule has 0 fully saturated rings. The van der Waals surface area contributed by atoms with Crippen molar-refractivity contribution in [1.29, 1.82) is 0 Å². The first-order valence-electron chi connectivity index (χ1n) is 13.7. The van der Waals surface area contributed by atoms with Crippen molar-refractivity contribution in [2.45, 2.75) is 6.10 Å². The van der Waals surface area contributed by atoms with Crippen LogP contribution in [0.25, 0.3) is 44.5 Å². The van der Waals surface area contributed by atoms with Crippen LogP contribution in [0.3, 0.4) is 0 Å². The minimum absolute atomic E-state index is 0.135. The molecule has 0 bridgehead atoms. The van der Waals surface area contributed by atoms with Gasteiger partial charge in [0.2, 0.25) is 0 Å². The van der Waals surface area contributed by atoms with Gasteiger partial charge in [0.1, 0.15) is 28.0 Å². The van der Waals surface area contributed by atoms with Gasteiger partial charge in [-0.25, -0.2) is 9.59 Å². The molecule has 1 aliphatic rings. The Hall–Kier alpha value is -5.08. The van der Waals surface area contributed by atoms with Crippen LogP contribution in [0, 0.1) is 0 Å². The van der Waals surface area contributed by atoms with Crippen LogP contribution in [0.15, 0.2) is 91.4 Å². The van der Waals surface area contributed by atoms with Gasteiger partial charge in [-0.05, 0) is 48.0 Å². The molecule has 0 N–H and O–H groups in total. The van der Waals surface area contributed by atoms with Crippen molar-refractivity contribution in [3.8, 4) is 5.75 Å². The van der Waals surface area contributed by atoms with Gasteiger partial charge < -0.3 is 23.4 Å². The lowest BCUT2D eigenvalue weighted by molar-refractivity contribution is 0.257. The molecule has 3 aromatic carbocycles. The van der Waals surface area contributed by atoms with E-state index in [4.69, 9.17) is 25.2 Å². The Bertz CT molecular complexity index is 2250. The Morgan fingerprint density at radius 2 is 1.42 bits per heavy atom. The standard InChI is InChI=1S/C34H26ClN3O5/c1-37(2)18-9-11-22-27(15-18)42-34(40)29(30(22)35)32-24(20-13-14-36-26-8-6-5-7-21(20)26)17-25-31(43-32)23-12-10-19(38(3)4)16-28(23)41-33(25)39/h5-17,32H,1-4H3. The predicted molar refractivity (Wildman–Crippen MR) is 172 cm³/mol. The molecule has 43 heavy (non-hydrogen) atoms. The van der Waals surface area contributed by atoms with Crippen molar-refractivity contribution in [3.63, 3.8) is 0 Å². The molecule has 0 spiro atoms. The van der Waals surface area contributed by atoms with E-state index in [-0.39, 0.29) is 16.1 Å². The maximum atomic E-state index is 13.8. The van der Waals surface area contributed by atoms with Gasteiger partial charge in [-0.15, -0.1) is 0 Å². The zero-order valence-electron chi connectivity index (χ0n) is 23.8. The summed E-state index contributed by atoms with van der Waals surface area (Å²) in [6.45, 7) is 0. The molecule has 1 unspecified atom stereocenters. The van der Waals surface area contributed by atoms with Crippen LogP contribution in [0.2, 0.25) is 5.02 Å². The van der Waals surface area contributed by atoms with Crippen LogP contribution >= 0.6 is 11.6 Å². The minimum Gasteiger partial charge on any atom is -0.479 e. The van der Waals surface area contributed by atoms with E-state index >= 15 is 0 Å². The summed E-state index contributed by atoms with van der Waals surface area (Å²) in [4.78, 5) is 35.5. The van der Waals surface area contributed by atoms with E-state index in [1.54, 1.807) is 24.4 Å². The van der Waals surface area contributed by atoms with Crippen molar-refractivity contribution >= 4 is 67.5 Å². The topological polar surface area (TPSA) is 89.0 Å². The maximum Gasteiger partial charge on any atom is 0.347 e. The van der Waals surface area contributed by atoms with Crippen LogP contribution in [-0.2, 0) is 0 Å². The largest absolute Gasteiger partial charge is 0.479 e. The number of hydrogen-bond acceptors (Lipinski definition) is 8. The monoisotopic (exact) mass is 591 g/mol. The summed E-state index contributed by atoms with van der Waals surface area (Å²) >= 11 is 7.04. The van der Waals surface area contributed by atoms with E-state index < -0.39 is 17.4 Å². The Kier molecular flexibility index (Phi) is 6.25. The van der Waals surface area contributed by atoms with Gasteiger partial charge in [0.25, 0.3) is 0 Å². The van der Waals surface area contributed by atoms with Gasteiger partial charge in [0.15, 0.2) is 6.10 Å². The molecule has 6 aromatic rings. The van der Waals surface area contributed by atoms with E-state index in [2.05, 4.69) is 4.98 Å². The molecular formula is C34H26ClN3O5. The van der Waals surface area contributed by atoms with Gasteiger partial charge in [-0.1, -0.05) is 29.8 Å². The van der Waals surface area contributed by atoms with E-state index in [0.717, 1.165) is 27.8 Å². The number of para-hydroxylation sites is 1. The molecule has 4 heterocycles. The zero-order chi connectivity index (χ0) is 30.0. The van der Waals surface area contributed by atoms with E-state index in [1.807, 2.05) is 92.6 Å². The number of aromatic nitrogens is 1. The molecule has 8 nitrogen and oxygen atoms in total. The SMILES string of the molecule is CN(C)c1ccc2c(Cl)c(C3Oc4c(c(=O)oc5cc(N(C)C)ccc45)C=C3c3ccnc4ccccc34)c(=O)oc2c1. The van der Waals surface area contributed by atoms with Gasteiger partial charge in [0.05, 0.1) is 15.9 Å². The Morgan fingerprint density at radius 3 is 2.14 bits per heavy atom. The van der Waals surface area contributed by atoms with E-state index in [9.17, 15) is 9.59 Å². The van der Waals surface area contributed by atoms with Gasteiger partial charge >= 0.3 is 11.3 Å². The third-order valence-electron chi connectivity index (χ3n) is 7.81. The lowest BCUT2D eigenvalue weighted by Crippen LogP contribution is -2.24. The summed E-state index contributed by atoms with van der Waals surface area (Å²) in [6, 6.07) is 20.5. The quantitative estimate of drug-likeness (QED) is 0.204. The first kappa shape index (κ1) is 26.8. The number of halogens is 1. The average Bonchev–Trinajstić information content (AvgIpc) is 3.00. The number of anilines is 2. The normalized spacial score (nSPS) is 14.4. The number of pyridine rings is 1. The van der Waals surface area contributed by atoms with Crippen molar-refractivity contribution in [1.82, 2.24) is 4.98 Å². The third-order valence-corrected chi connectivity index (χ3v) is 8.22. The van der Waals surface area contributed by atoms with Gasteiger partial charge in [-0.2, -0.15) is 0 Å². The van der Waals surface area contributed by atoms with Crippen molar-refractivity contribution in [3.05, 3.63) is 115 Å². The fourth-order valence-electron chi connectivity index (χ4n) is 5.57. The highest BCUT2D eigenvalue weighted by atomic mass is 35.5. The number of fused-ring (bicyclic) bond motifs is 5. The molecule has 0 aliphatic carbocycles. The molecule has 1 aliphatic heterocycles. The minimum atomic E-state index is -1.00. The first-order chi connectivity index (χ1) is 20.7. The molecule has 1 atom stereocenters. The summed E-state index contributed by atoms with van der Waals surface area (Å²) in [6.07, 6.45) is 2.41. The lowest BCUT2D eigenvalue weighted by Gasteiger charge is -2.29. The molecule has 9 heteroatoms. The fraction of sp³-hybridized carbons (Fsp3) is 0.147. The Balaban J connectivity index is 1.53. The molecule has 0 radical (unpaired) electrons. The second-order valence-corrected chi connectivity index (χ2v) is 11.3. The maximum absolute atomic E-state index is 13.8. The van der Waals surface area contributed by atoms with E-state index in [1.165, 1.54) is 0 Å². The third kappa shape index (κ3) is 4.33.